The Kier molecular flexibility index (Phi) is 10.6. The molecule has 0 heterocycles. The Hall–Kier alpha value is -4.25. The number of nitro groups is 1. The van der Waals surface area contributed by atoms with Crippen LogP contribution in [-0.4, -0.2) is 54.9 Å². The molecule has 0 aliphatic heterocycles. The Bertz CT molecular complexity index is 1480. The van der Waals surface area contributed by atoms with E-state index in [1.807, 2.05) is 75.4 Å². The van der Waals surface area contributed by atoms with Gasteiger partial charge in [0, 0.05) is 31.1 Å². The van der Waals surface area contributed by atoms with E-state index in [0.29, 0.717) is 6.42 Å². The average molecular weight is 581 g/mol. The third-order valence-electron chi connectivity index (χ3n) is 6.72. The number of carbonyl (C=O) groups is 2. The first-order valence-electron chi connectivity index (χ1n) is 13.3. The van der Waals surface area contributed by atoms with E-state index < -0.39 is 33.4 Å². The molecule has 11 heteroatoms. The average Bonchev–Trinajstić information content (AvgIpc) is 2.93. The highest BCUT2D eigenvalue weighted by molar-refractivity contribution is 7.92. The van der Waals surface area contributed by atoms with Crippen LogP contribution in [0.4, 0.5) is 11.4 Å². The van der Waals surface area contributed by atoms with Crippen molar-refractivity contribution in [3.05, 3.63) is 106 Å². The van der Waals surface area contributed by atoms with Gasteiger partial charge in [-0.1, -0.05) is 73.2 Å². The zero-order valence-electron chi connectivity index (χ0n) is 23.7. The Morgan fingerprint density at radius 2 is 1.63 bits per heavy atom. The molecule has 0 fully saturated rings. The number of sulfonamides is 1. The molecule has 0 radical (unpaired) electrons. The van der Waals surface area contributed by atoms with Gasteiger partial charge in [0.25, 0.3) is 5.69 Å². The summed E-state index contributed by atoms with van der Waals surface area (Å²) in [5.41, 5.74) is 2.24. The minimum Gasteiger partial charge on any atom is -0.352 e. The molecule has 2 unspecified atom stereocenters. The summed E-state index contributed by atoms with van der Waals surface area (Å²) in [4.78, 5) is 39.9. The molecule has 2 atom stereocenters. The molecule has 218 valence electrons. The van der Waals surface area contributed by atoms with Gasteiger partial charge in [0.2, 0.25) is 21.8 Å². The minimum absolute atomic E-state index is 0.0192. The molecule has 0 aromatic heterocycles. The molecular weight excluding hydrogens is 544 g/mol. The van der Waals surface area contributed by atoms with Crippen molar-refractivity contribution >= 4 is 33.2 Å². The first-order chi connectivity index (χ1) is 19.4. The van der Waals surface area contributed by atoms with E-state index >= 15 is 0 Å². The molecule has 0 aliphatic carbocycles. The number of benzene rings is 3. The lowest BCUT2D eigenvalue weighted by Gasteiger charge is -2.34. The maximum absolute atomic E-state index is 14.1. The van der Waals surface area contributed by atoms with Gasteiger partial charge in [-0.2, -0.15) is 0 Å². The van der Waals surface area contributed by atoms with Crippen LogP contribution in [0.5, 0.6) is 0 Å². The van der Waals surface area contributed by atoms with Crippen molar-refractivity contribution in [2.75, 3.05) is 17.1 Å². The predicted molar refractivity (Wildman–Crippen MR) is 159 cm³/mol. The van der Waals surface area contributed by atoms with E-state index in [1.54, 1.807) is 0 Å². The molecule has 0 bridgehead atoms. The van der Waals surface area contributed by atoms with Crippen molar-refractivity contribution in [3.63, 3.8) is 0 Å². The maximum Gasteiger partial charge on any atom is 0.271 e. The lowest BCUT2D eigenvalue weighted by atomic mass is 10.0. The van der Waals surface area contributed by atoms with Crippen LogP contribution in [0.3, 0.4) is 0 Å². The molecule has 0 aliphatic rings. The van der Waals surface area contributed by atoms with Crippen LogP contribution in [0.25, 0.3) is 0 Å². The number of nitro benzene ring substituents is 1. The van der Waals surface area contributed by atoms with Crippen LogP contribution >= 0.6 is 0 Å². The van der Waals surface area contributed by atoms with Crippen LogP contribution in [0, 0.1) is 17.0 Å². The summed E-state index contributed by atoms with van der Waals surface area (Å²) in [7, 11) is -4.03. The highest BCUT2D eigenvalue weighted by Crippen LogP contribution is 2.24. The van der Waals surface area contributed by atoms with Gasteiger partial charge in [0.05, 0.1) is 16.9 Å². The fraction of sp³-hybridized carbons (Fsp3) is 0.333. The number of non-ortho nitro benzene ring substituents is 1. The minimum atomic E-state index is -4.03. The van der Waals surface area contributed by atoms with E-state index in [0.717, 1.165) is 33.3 Å². The Morgan fingerprint density at radius 3 is 2.24 bits per heavy atom. The van der Waals surface area contributed by atoms with Crippen molar-refractivity contribution in [2.24, 2.45) is 0 Å². The molecule has 0 saturated heterocycles. The number of carbonyl (C=O) groups excluding carboxylic acids is 2. The van der Waals surface area contributed by atoms with Gasteiger partial charge in [-0.05, 0) is 37.5 Å². The van der Waals surface area contributed by atoms with E-state index in [4.69, 9.17) is 0 Å². The SMILES string of the molecule is CCC(C)NC(=O)C(Cc1ccccc1)N(Cc1cccc(C)c1)C(=O)CN(c1cccc([N+](=O)[O-])c1)S(C)(=O)=O. The largest absolute Gasteiger partial charge is 0.352 e. The molecule has 3 aromatic rings. The van der Waals surface area contributed by atoms with Crippen molar-refractivity contribution in [1.82, 2.24) is 10.2 Å². The molecule has 10 nitrogen and oxygen atoms in total. The zero-order chi connectivity index (χ0) is 30.2. The van der Waals surface area contributed by atoms with Crippen molar-refractivity contribution < 1.29 is 22.9 Å². The third kappa shape index (κ3) is 8.87. The van der Waals surface area contributed by atoms with E-state index in [2.05, 4.69) is 5.32 Å². The Labute approximate surface area is 241 Å². The van der Waals surface area contributed by atoms with E-state index in [9.17, 15) is 28.1 Å². The number of hydrogen-bond acceptors (Lipinski definition) is 6. The molecule has 3 rings (SSSR count). The fourth-order valence-electron chi connectivity index (χ4n) is 4.38. The predicted octanol–water partition coefficient (Wildman–Crippen LogP) is 4.22. The second-order valence-electron chi connectivity index (χ2n) is 10.1. The van der Waals surface area contributed by atoms with Gasteiger partial charge >= 0.3 is 0 Å². The number of aryl methyl sites for hydroxylation is 1. The number of rotatable bonds is 13. The summed E-state index contributed by atoms with van der Waals surface area (Å²) in [6.07, 6.45) is 1.82. The van der Waals surface area contributed by atoms with Crippen molar-refractivity contribution in [3.8, 4) is 0 Å². The van der Waals surface area contributed by atoms with E-state index in [1.165, 1.54) is 23.1 Å². The Morgan fingerprint density at radius 1 is 0.976 bits per heavy atom. The van der Waals surface area contributed by atoms with Crippen molar-refractivity contribution in [2.45, 2.75) is 52.2 Å². The molecule has 41 heavy (non-hydrogen) atoms. The maximum atomic E-state index is 14.1. The number of amides is 2. The summed E-state index contributed by atoms with van der Waals surface area (Å²) in [5, 5.41) is 14.3. The van der Waals surface area contributed by atoms with Crippen LogP contribution in [0.2, 0.25) is 0 Å². The van der Waals surface area contributed by atoms with Crippen LogP contribution < -0.4 is 9.62 Å². The van der Waals surface area contributed by atoms with Crippen LogP contribution in [0.1, 0.15) is 37.0 Å². The molecule has 3 aromatic carbocycles. The summed E-state index contributed by atoms with van der Waals surface area (Å²) in [6, 6.07) is 20.8. The first-order valence-corrected chi connectivity index (χ1v) is 15.1. The van der Waals surface area contributed by atoms with Gasteiger partial charge in [0.1, 0.15) is 12.6 Å². The highest BCUT2D eigenvalue weighted by atomic mass is 32.2. The summed E-state index contributed by atoms with van der Waals surface area (Å²) >= 11 is 0. The van der Waals surface area contributed by atoms with Gasteiger partial charge < -0.3 is 10.2 Å². The quantitative estimate of drug-likeness (QED) is 0.238. The summed E-state index contributed by atoms with van der Waals surface area (Å²) in [5.74, 6) is -0.978. The second-order valence-corrected chi connectivity index (χ2v) is 12.0. The summed E-state index contributed by atoms with van der Waals surface area (Å²) < 4.78 is 26.5. The molecule has 0 spiro atoms. The standard InChI is InChI=1S/C30H36N4O6S/c1-5-23(3)31-30(36)28(18-24-12-7-6-8-13-24)32(20-25-14-9-11-22(2)17-25)29(35)21-33(41(4,39)40)26-15-10-16-27(19-26)34(37)38/h6-17,19,23,28H,5,18,20-21H2,1-4H3,(H,31,36). The first kappa shape index (κ1) is 31.3. The number of anilines is 1. The van der Waals surface area contributed by atoms with Crippen LogP contribution in [-0.2, 0) is 32.6 Å². The molecular formula is C30H36N4O6S. The highest BCUT2D eigenvalue weighted by Gasteiger charge is 2.33. The van der Waals surface area contributed by atoms with E-state index in [-0.39, 0.29) is 36.3 Å². The number of nitrogens with zero attached hydrogens (tertiary/aromatic N) is 3. The lowest BCUT2D eigenvalue weighted by Crippen LogP contribution is -2.54. The summed E-state index contributed by atoms with van der Waals surface area (Å²) in [6.45, 7) is 5.14. The third-order valence-corrected chi connectivity index (χ3v) is 7.86. The second kappa shape index (κ2) is 13.9. The Balaban J connectivity index is 2.08. The number of hydrogen-bond donors (Lipinski definition) is 1. The smallest absolute Gasteiger partial charge is 0.271 e. The number of nitrogens with one attached hydrogen (secondary N) is 1. The molecule has 1 N–H and O–H groups in total. The van der Waals surface area contributed by atoms with Gasteiger partial charge in [-0.15, -0.1) is 0 Å². The normalized spacial score (nSPS) is 12.7. The van der Waals surface area contributed by atoms with Crippen LogP contribution in [0.15, 0.2) is 78.9 Å². The lowest BCUT2D eigenvalue weighted by molar-refractivity contribution is -0.384. The zero-order valence-corrected chi connectivity index (χ0v) is 24.5. The van der Waals surface area contributed by atoms with Gasteiger partial charge in [-0.25, -0.2) is 8.42 Å². The topological polar surface area (TPSA) is 130 Å². The van der Waals surface area contributed by atoms with Gasteiger partial charge in [-0.3, -0.25) is 24.0 Å². The fourth-order valence-corrected chi connectivity index (χ4v) is 5.22. The molecule has 2 amide bonds. The van der Waals surface area contributed by atoms with Crippen molar-refractivity contribution in [1.29, 1.82) is 0 Å². The monoisotopic (exact) mass is 580 g/mol. The molecule has 0 saturated carbocycles. The van der Waals surface area contributed by atoms with Gasteiger partial charge in [0.15, 0.2) is 0 Å².